The Morgan fingerprint density at radius 3 is 0.542 bits per heavy atom. The van der Waals surface area contributed by atoms with Gasteiger partial charge in [0.05, 0.1) is 0 Å². The van der Waals surface area contributed by atoms with E-state index in [1.165, 1.54) is 95.4 Å². The van der Waals surface area contributed by atoms with Crippen LogP contribution < -0.4 is 10.6 Å². The summed E-state index contributed by atoms with van der Waals surface area (Å²) in [6.07, 6.45) is 10.2. The summed E-state index contributed by atoms with van der Waals surface area (Å²) < 4.78 is 19.8. The van der Waals surface area contributed by atoms with E-state index in [4.69, 9.17) is 18.9 Å². The van der Waals surface area contributed by atoms with E-state index in [1.54, 1.807) is 0 Å². The summed E-state index contributed by atoms with van der Waals surface area (Å²) in [6, 6.07) is 9.60. The maximum absolute atomic E-state index is 4.94. The van der Waals surface area contributed by atoms with Gasteiger partial charge in [0.25, 0.3) is 0 Å². The quantitative estimate of drug-likeness (QED) is 0.247. The molecule has 0 saturated carbocycles. The number of benzene rings is 2. The third-order valence-electron chi connectivity index (χ3n) is 10.6. The average molecular weight is 1020 g/mol. The van der Waals surface area contributed by atoms with Crippen LogP contribution in [0.3, 0.4) is 0 Å². The fraction of sp³-hybridized carbons (Fsp3) is 0.769. The number of hydrogen-bond donors (Lipinski definition) is 0. The fourth-order valence-corrected chi connectivity index (χ4v) is 8.76. The maximum Gasteiger partial charge on any atom is 0.0466 e. The van der Waals surface area contributed by atoms with Crippen LogP contribution in [-0.2, 0) is 51.4 Å². The van der Waals surface area contributed by atoms with Crippen molar-refractivity contribution >= 4 is 29.1 Å². The smallest absolute Gasteiger partial charge is 0.0466 e. The van der Waals surface area contributed by atoms with Crippen LogP contribution in [0.15, 0.2) is 24.3 Å². The van der Waals surface area contributed by atoms with Crippen molar-refractivity contribution in [2.24, 2.45) is 0 Å². The molecule has 0 radical (unpaired) electrons. The molecule has 6 rings (SSSR count). The zero-order chi connectivity index (χ0) is 44.6. The van der Waals surface area contributed by atoms with Crippen molar-refractivity contribution in [1.29, 1.82) is 0 Å². The molecule has 4 aliphatic heterocycles. The largest absolute Gasteiger partial charge is 0.381 e. The van der Waals surface area contributed by atoms with Crippen molar-refractivity contribution in [3.8, 4) is 0 Å². The standard InChI is InChI=1S/2C18H31P.4C4H8O.Yb/c2*1-16(2,3)12-10-13(17(4,5)6)15(19)14(11-12)18(7,8)9;4*1-2-4-5-3-1;/h2*10-11H,19H2,1-9H3;4*1-4H2;. The molecule has 0 N–H and O–H groups in total. The van der Waals surface area contributed by atoms with Crippen molar-refractivity contribution in [1.82, 2.24) is 0 Å². The summed E-state index contributed by atoms with van der Waals surface area (Å²) in [4.78, 5) is 0. The van der Waals surface area contributed by atoms with Gasteiger partial charge in [-0.05, 0) is 128 Å². The summed E-state index contributed by atoms with van der Waals surface area (Å²) in [5.41, 5.74) is 9.79. The van der Waals surface area contributed by atoms with Crippen LogP contribution in [0.1, 0.15) is 209 Å². The molecule has 0 aromatic heterocycles. The van der Waals surface area contributed by atoms with Crippen LogP contribution in [0.5, 0.6) is 0 Å². The molecule has 2 unspecified atom stereocenters. The SMILES string of the molecule is C1CCOC1.C1CCOC1.C1CCOC1.C1CCOC1.CC(C)(C)c1cc(C(C)(C)C)c(P)c(C(C)(C)C)c1.CC(C)(C)c1cc(C(C)(C)C)c(P)c(C(C)(C)C)c1.[Yb]. The third-order valence-corrected chi connectivity index (χ3v) is 11.9. The van der Waals surface area contributed by atoms with E-state index < -0.39 is 0 Å². The zero-order valence-corrected chi connectivity index (χ0v) is 45.7. The third kappa shape index (κ3) is 24.0. The predicted molar refractivity (Wildman–Crippen MR) is 264 cm³/mol. The second-order valence-electron chi connectivity index (χ2n) is 22.7. The molecule has 350 valence electrons. The monoisotopic (exact) mass is 1020 g/mol. The first kappa shape index (κ1) is 59.7. The first-order valence-corrected chi connectivity index (χ1v) is 23.9. The topological polar surface area (TPSA) is 36.9 Å². The van der Waals surface area contributed by atoms with E-state index in [0.29, 0.717) is 0 Å². The van der Waals surface area contributed by atoms with Crippen LogP contribution in [0.25, 0.3) is 0 Å². The first-order chi connectivity index (χ1) is 26.5. The van der Waals surface area contributed by atoms with Crippen molar-refractivity contribution in [3.63, 3.8) is 0 Å². The van der Waals surface area contributed by atoms with E-state index in [0.717, 1.165) is 52.9 Å². The van der Waals surface area contributed by atoms with Gasteiger partial charge in [0, 0.05) is 99.8 Å². The van der Waals surface area contributed by atoms with Gasteiger partial charge >= 0.3 is 0 Å². The van der Waals surface area contributed by atoms with Gasteiger partial charge in [0.15, 0.2) is 0 Å². The molecule has 7 heteroatoms. The maximum atomic E-state index is 4.94. The molecule has 0 spiro atoms. The minimum Gasteiger partial charge on any atom is -0.381 e. The Bertz CT molecular complexity index is 1210. The van der Waals surface area contributed by atoms with Crippen LogP contribution in [0.4, 0.5) is 0 Å². The Labute approximate surface area is 410 Å². The minimum atomic E-state index is 0. The Balaban J connectivity index is 0.000000766. The molecule has 0 bridgehead atoms. The van der Waals surface area contributed by atoms with Gasteiger partial charge in [-0.2, -0.15) is 0 Å². The second-order valence-corrected chi connectivity index (χ2v) is 23.9. The van der Waals surface area contributed by atoms with Gasteiger partial charge in [-0.3, -0.25) is 0 Å². The Morgan fingerprint density at radius 2 is 0.458 bits per heavy atom. The summed E-state index contributed by atoms with van der Waals surface area (Å²) >= 11 is 0. The van der Waals surface area contributed by atoms with Crippen molar-refractivity contribution < 1.29 is 65.9 Å². The number of hydrogen-bond acceptors (Lipinski definition) is 4. The number of ether oxygens (including phenoxy) is 4. The number of rotatable bonds is 0. The van der Waals surface area contributed by atoms with Crippen LogP contribution >= 0.6 is 18.5 Å². The molecule has 2 atom stereocenters. The minimum absolute atomic E-state index is 0. The molecule has 59 heavy (non-hydrogen) atoms. The van der Waals surface area contributed by atoms with E-state index in [1.807, 2.05) is 0 Å². The van der Waals surface area contributed by atoms with Gasteiger partial charge in [-0.15, -0.1) is 18.5 Å². The summed E-state index contributed by atoms with van der Waals surface area (Å²) in [6.45, 7) is 49.4. The van der Waals surface area contributed by atoms with E-state index in [-0.39, 0.29) is 79.4 Å². The normalized spacial score (nSPS) is 17.0. The molecule has 4 heterocycles. The Kier molecular flexibility index (Phi) is 27.5. The van der Waals surface area contributed by atoms with E-state index >= 15 is 0 Å². The summed E-state index contributed by atoms with van der Waals surface area (Å²) in [5, 5.41) is 2.76. The van der Waals surface area contributed by atoms with Gasteiger partial charge in [0.2, 0.25) is 0 Å². The molecule has 2 aromatic carbocycles. The van der Waals surface area contributed by atoms with Gasteiger partial charge < -0.3 is 18.9 Å². The van der Waals surface area contributed by atoms with E-state index in [9.17, 15) is 0 Å². The average Bonchev–Trinajstić information content (AvgIpc) is 3.94. The first-order valence-electron chi connectivity index (χ1n) is 22.7. The Morgan fingerprint density at radius 1 is 0.305 bits per heavy atom. The molecular formula is C52H94O4P2Yb. The molecule has 4 fully saturated rings. The van der Waals surface area contributed by atoms with Crippen LogP contribution in [0.2, 0.25) is 0 Å². The predicted octanol–water partition coefficient (Wildman–Crippen LogP) is 13.3. The second kappa shape index (κ2) is 27.2. The van der Waals surface area contributed by atoms with Crippen molar-refractivity contribution in [3.05, 3.63) is 57.6 Å². The van der Waals surface area contributed by atoms with Gasteiger partial charge in [-0.1, -0.05) is 149 Å². The van der Waals surface area contributed by atoms with Crippen LogP contribution in [0, 0.1) is 46.9 Å². The molecule has 0 aliphatic carbocycles. The van der Waals surface area contributed by atoms with Gasteiger partial charge in [0.1, 0.15) is 0 Å². The zero-order valence-electron chi connectivity index (χ0n) is 41.7. The van der Waals surface area contributed by atoms with Crippen molar-refractivity contribution in [2.45, 2.75) is 208 Å². The summed E-state index contributed by atoms with van der Waals surface area (Å²) in [5.74, 6) is 0. The molecule has 0 amide bonds. The molecule has 4 nitrogen and oxygen atoms in total. The summed E-state index contributed by atoms with van der Waals surface area (Å²) in [7, 11) is 5.96. The molecule has 4 aliphatic rings. The van der Waals surface area contributed by atoms with Crippen LogP contribution in [-0.4, -0.2) is 52.9 Å². The van der Waals surface area contributed by atoms with Gasteiger partial charge in [-0.25, -0.2) is 0 Å². The molecule has 2 aromatic rings. The Hall–Kier alpha value is 0.659. The fourth-order valence-electron chi connectivity index (χ4n) is 6.70. The molecular weight excluding hydrogens is 924 g/mol. The molecule has 4 saturated heterocycles. The van der Waals surface area contributed by atoms with Crippen molar-refractivity contribution in [2.75, 3.05) is 52.9 Å². The van der Waals surface area contributed by atoms with E-state index in [2.05, 4.69) is 167 Å².